The van der Waals surface area contributed by atoms with Crippen molar-refractivity contribution in [2.24, 2.45) is 5.10 Å². The Kier molecular flexibility index (Phi) is 3.69. The van der Waals surface area contributed by atoms with Crippen molar-refractivity contribution in [2.45, 2.75) is 13.3 Å². The highest BCUT2D eigenvalue weighted by Crippen LogP contribution is 2.01. The van der Waals surface area contributed by atoms with Gasteiger partial charge in [-0.25, -0.2) is 5.01 Å². The Morgan fingerprint density at radius 1 is 1.43 bits per heavy atom. The highest BCUT2D eigenvalue weighted by atomic mass is 15.4. The topological polar surface area (TPSA) is 39.4 Å². The monoisotopic (exact) mass is 187 g/mol. The van der Waals surface area contributed by atoms with Crippen LogP contribution in [-0.4, -0.2) is 17.8 Å². The van der Waals surface area contributed by atoms with Crippen LogP contribution in [0.3, 0.4) is 0 Å². The Hall–Kier alpha value is -1.82. The molecule has 0 amide bonds. The molecule has 0 spiro atoms. The van der Waals surface area contributed by atoms with Gasteiger partial charge in [0, 0.05) is 19.2 Å². The minimum absolute atomic E-state index is 0.785. The molecule has 0 bridgehead atoms. The molecule has 3 heteroatoms. The second kappa shape index (κ2) is 5.03. The van der Waals surface area contributed by atoms with Gasteiger partial charge >= 0.3 is 0 Å². The Morgan fingerprint density at radius 3 is 2.64 bits per heavy atom. The third kappa shape index (κ3) is 3.28. The fraction of sp³-hybridized carbons (Fsp3) is 0.273. The van der Waals surface area contributed by atoms with Gasteiger partial charge in [-0.1, -0.05) is 30.3 Å². The summed E-state index contributed by atoms with van der Waals surface area (Å²) in [5.74, 6) is 0. The van der Waals surface area contributed by atoms with E-state index in [4.69, 9.17) is 5.26 Å². The number of nitrogens with zero attached hydrogens (tertiary/aromatic N) is 3. The van der Waals surface area contributed by atoms with Gasteiger partial charge in [-0.05, 0) is 12.5 Å². The summed E-state index contributed by atoms with van der Waals surface area (Å²) in [7, 11) is 1.63. The maximum Gasteiger partial charge on any atom is 0.201 e. The van der Waals surface area contributed by atoms with Crippen molar-refractivity contribution in [3.63, 3.8) is 0 Å². The van der Waals surface area contributed by atoms with Gasteiger partial charge in [0.25, 0.3) is 0 Å². The molecule has 0 aliphatic rings. The largest absolute Gasteiger partial charge is 0.203 e. The number of benzene rings is 1. The lowest BCUT2D eigenvalue weighted by atomic mass is 10.1. The Morgan fingerprint density at radius 2 is 2.07 bits per heavy atom. The maximum atomic E-state index is 8.52. The van der Waals surface area contributed by atoms with Crippen LogP contribution in [0.4, 0.5) is 0 Å². The smallest absolute Gasteiger partial charge is 0.201 e. The van der Waals surface area contributed by atoms with Gasteiger partial charge in [0.1, 0.15) is 0 Å². The van der Waals surface area contributed by atoms with Crippen LogP contribution in [0.25, 0.3) is 0 Å². The van der Waals surface area contributed by atoms with Gasteiger partial charge in [0.2, 0.25) is 6.19 Å². The molecule has 0 N–H and O–H groups in total. The minimum atomic E-state index is 0.785. The highest BCUT2D eigenvalue weighted by Gasteiger charge is 1.96. The van der Waals surface area contributed by atoms with Crippen LogP contribution < -0.4 is 0 Å². The number of rotatable bonds is 3. The summed E-state index contributed by atoms with van der Waals surface area (Å²) in [6.45, 7) is 1.92. The summed E-state index contributed by atoms with van der Waals surface area (Å²) in [4.78, 5) is 0. The Bertz CT molecular complexity index is 349. The molecular weight excluding hydrogens is 174 g/mol. The van der Waals surface area contributed by atoms with Crippen molar-refractivity contribution >= 4 is 5.71 Å². The van der Waals surface area contributed by atoms with E-state index in [-0.39, 0.29) is 0 Å². The molecule has 72 valence electrons. The van der Waals surface area contributed by atoms with E-state index in [0.717, 1.165) is 12.1 Å². The van der Waals surface area contributed by atoms with Crippen molar-refractivity contribution in [2.75, 3.05) is 7.05 Å². The fourth-order valence-corrected chi connectivity index (χ4v) is 1.21. The molecule has 0 aliphatic heterocycles. The molecule has 1 aromatic rings. The molecule has 0 aromatic heterocycles. The fourth-order valence-electron chi connectivity index (χ4n) is 1.21. The lowest BCUT2D eigenvalue weighted by Crippen LogP contribution is -2.07. The quantitative estimate of drug-likeness (QED) is 0.314. The molecule has 0 saturated heterocycles. The number of hydrogen-bond acceptors (Lipinski definition) is 3. The second-order valence-electron chi connectivity index (χ2n) is 3.12. The highest BCUT2D eigenvalue weighted by molar-refractivity contribution is 5.83. The van der Waals surface area contributed by atoms with E-state index in [1.54, 1.807) is 7.05 Å². The molecule has 0 unspecified atom stereocenters. The van der Waals surface area contributed by atoms with Crippen molar-refractivity contribution in [3.05, 3.63) is 35.9 Å². The third-order valence-corrected chi connectivity index (χ3v) is 1.77. The normalized spacial score (nSPS) is 10.8. The molecular formula is C11H13N3. The first kappa shape index (κ1) is 10.3. The molecule has 0 saturated carbocycles. The van der Waals surface area contributed by atoms with Crippen molar-refractivity contribution < 1.29 is 0 Å². The lowest BCUT2D eigenvalue weighted by molar-refractivity contribution is 0.508. The summed E-state index contributed by atoms with van der Waals surface area (Å²) in [6.07, 6.45) is 2.71. The van der Waals surface area contributed by atoms with E-state index in [2.05, 4.69) is 5.10 Å². The third-order valence-electron chi connectivity index (χ3n) is 1.77. The molecule has 0 radical (unpaired) electrons. The van der Waals surface area contributed by atoms with E-state index in [9.17, 15) is 0 Å². The van der Waals surface area contributed by atoms with E-state index >= 15 is 0 Å². The molecule has 14 heavy (non-hydrogen) atoms. The average Bonchev–Trinajstić information content (AvgIpc) is 2.19. The average molecular weight is 187 g/mol. The zero-order valence-corrected chi connectivity index (χ0v) is 8.44. The zero-order valence-electron chi connectivity index (χ0n) is 8.44. The van der Waals surface area contributed by atoms with Crippen LogP contribution in [0.15, 0.2) is 35.4 Å². The van der Waals surface area contributed by atoms with E-state index in [1.165, 1.54) is 10.6 Å². The van der Waals surface area contributed by atoms with E-state index in [1.807, 2.05) is 43.4 Å². The van der Waals surface area contributed by atoms with Gasteiger partial charge in [0.15, 0.2) is 0 Å². The van der Waals surface area contributed by atoms with Gasteiger partial charge in [0.05, 0.1) is 0 Å². The lowest BCUT2D eigenvalue weighted by Gasteiger charge is -2.04. The molecule has 1 rings (SSSR count). The van der Waals surface area contributed by atoms with E-state index in [0.29, 0.717) is 0 Å². The van der Waals surface area contributed by atoms with Crippen molar-refractivity contribution in [3.8, 4) is 6.19 Å². The number of hydrogen-bond donors (Lipinski definition) is 0. The first-order valence-corrected chi connectivity index (χ1v) is 4.44. The summed E-state index contributed by atoms with van der Waals surface area (Å²) < 4.78 is 0. The standard InChI is InChI=1S/C11H13N3/c1-10(13-14(2)9-12)8-11-6-4-3-5-7-11/h3-7H,8H2,1-2H3/b13-10-. The second-order valence-corrected chi connectivity index (χ2v) is 3.12. The van der Waals surface area contributed by atoms with Gasteiger partial charge in [-0.3, -0.25) is 0 Å². The van der Waals surface area contributed by atoms with Crippen LogP contribution in [0, 0.1) is 11.5 Å². The molecule has 0 heterocycles. The minimum Gasteiger partial charge on any atom is -0.203 e. The van der Waals surface area contributed by atoms with Crippen molar-refractivity contribution in [1.29, 1.82) is 5.26 Å². The molecule has 3 nitrogen and oxygen atoms in total. The molecule has 0 aliphatic carbocycles. The zero-order chi connectivity index (χ0) is 10.4. The summed E-state index contributed by atoms with van der Waals surface area (Å²) in [5.41, 5.74) is 2.14. The molecule has 0 atom stereocenters. The predicted octanol–water partition coefficient (Wildman–Crippen LogP) is 2.02. The van der Waals surface area contributed by atoms with Crippen LogP contribution in [0.1, 0.15) is 12.5 Å². The molecule has 0 fully saturated rings. The Balaban J connectivity index is 2.62. The summed E-state index contributed by atoms with van der Waals surface area (Å²) in [6, 6.07) is 10.1. The van der Waals surface area contributed by atoms with Gasteiger partial charge < -0.3 is 0 Å². The van der Waals surface area contributed by atoms with Crippen LogP contribution in [0.2, 0.25) is 0 Å². The first-order valence-electron chi connectivity index (χ1n) is 4.44. The number of hydrazone groups is 1. The first-order chi connectivity index (χ1) is 6.72. The van der Waals surface area contributed by atoms with Gasteiger partial charge in [-0.2, -0.15) is 10.4 Å². The number of nitriles is 1. The maximum absolute atomic E-state index is 8.52. The van der Waals surface area contributed by atoms with Crippen LogP contribution >= 0.6 is 0 Å². The Labute approximate surface area is 84.3 Å². The summed E-state index contributed by atoms with van der Waals surface area (Å²) in [5, 5.41) is 13.9. The van der Waals surface area contributed by atoms with Gasteiger partial charge in [-0.15, -0.1) is 0 Å². The summed E-state index contributed by atoms with van der Waals surface area (Å²) >= 11 is 0. The van der Waals surface area contributed by atoms with Crippen molar-refractivity contribution in [1.82, 2.24) is 5.01 Å². The van der Waals surface area contributed by atoms with Crippen LogP contribution in [-0.2, 0) is 6.42 Å². The van der Waals surface area contributed by atoms with E-state index < -0.39 is 0 Å². The van der Waals surface area contributed by atoms with Crippen LogP contribution in [0.5, 0.6) is 0 Å². The predicted molar refractivity (Wildman–Crippen MR) is 56.6 cm³/mol. The molecule has 1 aromatic carbocycles. The SMILES string of the molecule is C/C(Cc1ccccc1)=N/N(C)C#N.